The molecule has 0 aromatic heterocycles. The first-order valence-corrected chi connectivity index (χ1v) is 19.4. The van der Waals surface area contributed by atoms with Crippen LogP contribution < -0.4 is 8.85 Å². The maximum Gasteiger partial charge on any atom is 0.250 e. The van der Waals surface area contributed by atoms with Gasteiger partial charge >= 0.3 is 0 Å². The molecule has 0 bridgehead atoms. The van der Waals surface area contributed by atoms with Gasteiger partial charge in [-0.25, -0.2) is 0 Å². The van der Waals surface area contributed by atoms with Crippen LogP contribution in [0.15, 0.2) is 48.5 Å². The second-order valence-electron chi connectivity index (χ2n) is 13.9. The molecule has 0 N–H and O–H groups in total. The number of benzene rings is 2. The second kappa shape index (κ2) is 10.1. The lowest BCUT2D eigenvalue weighted by Gasteiger charge is -2.56. The van der Waals surface area contributed by atoms with Crippen molar-refractivity contribution in [2.45, 2.75) is 89.6 Å². The van der Waals surface area contributed by atoms with E-state index < -0.39 is 39.3 Å². The van der Waals surface area contributed by atoms with Crippen LogP contribution in [0, 0.1) is 56.2 Å². The van der Waals surface area contributed by atoms with Crippen LogP contribution >= 0.6 is 0 Å². The third-order valence-electron chi connectivity index (χ3n) is 9.39. The summed E-state index contributed by atoms with van der Waals surface area (Å²) in [6, 6.07) is 23.4. The monoisotopic (exact) mass is 568 g/mol. The molecule has 0 saturated heterocycles. The maximum atomic E-state index is 10.4. The smallest absolute Gasteiger partial charge is 0.250 e. The Morgan fingerprint density at radius 1 is 0.600 bits per heavy atom. The number of nitrogens with zero attached hydrogens (tertiary/aromatic N) is 4. The SMILES string of the molecule is CC(C)(C)[Si](C)(C)Oc1cccc(C2C(c3cccc(O[Si](C)(C)C(C)(C)C)c3)C(C#N)(C#N)C2(C#N)C#N)c1. The molecule has 2 atom stereocenters. The molecule has 1 fully saturated rings. The zero-order valence-electron chi connectivity index (χ0n) is 25.4. The third kappa shape index (κ3) is 4.81. The largest absolute Gasteiger partial charge is 0.543 e. The highest BCUT2D eigenvalue weighted by Crippen LogP contribution is 2.72. The summed E-state index contributed by atoms with van der Waals surface area (Å²) in [4.78, 5) is 0. The molecule has 0 heterocycles. The summed E-state index contributed by atoms with van der Waals surface area (Å²) in [6.07, 6.45) is 0. The van der Waals surface area contributed by atoms with Crippen LogP contribution in [0.1, 0.15) is 64.5 Å². The first-order chi connectivity index (χ1) is 18.4. The zero-order valence-corrected chi connectivity index (χ0v) is 27.4. The Labute approximate surface area is 242 Å². The van der Waals surface area contributed by atoms with Gasteiger partial charge in [-0.3, -0.25) is 0 Å². The molecule has 2 aromatic rings. The Bertz CT molecular complexity index is 1320. The Morgan fingerprint density at radius 2 is 0.900 bits per heavy atom. The van der Waals surface area contributed by atoms with E-state index in [2.05, 4.69) is 92.0 Å². The van der Waals surface area contributed by atoms with Crippen molar-refractivity contribution in [2.75, 3.05) is 0 Å². The molecule has 0 radical (unpaired) electrons. The van der Waals surface area contributed by atoms with Gasteiger partial charge in [0, 0.05) is 11.8 Å². The summed E-state index contributed by atoms with van der Waals surface area (Å²) in [5.74, 6) is -0.108. The van der Waals surface area contributed by atoms with Gasteiger partial charge in [0.2, 0.25) is 16.6 Å². The molecule has 0 aliphatic heterocycles. The van der Waals surface area contributed by atoms with E-state index in [1.54, 1.807) is 0 Å². The van der Waals surface area contributed by atoms with Gasteiger partial charge in [0.1, 0.15) is 11.5 Å². The van der Waals surface area contributed by atoms with Crippen LogP contribution in [-0.4, -0.2) is 16.6 Å². The number of hydrogen-bond donors (Lipinski definition) is 0. The Kier molecular flexibility index (Phi) is 7.83. The van der Waals surface area contributed by atoms with Crippen LogP contribution in [0.4, 0.5) is 0 Å². The lowest BCUT2D eigenvalue weighted by molar-refractivity contribution is 0.0520. The standard InChI is InChI=1S/C32H40N4O2Si2/c1-29(2,3)39(7,8)37-25-15-11-13-23(17-25)27-28(32(21-35,22-36)31(27,19-33)20-34)24-14-12-16-26(18-24)38-40(9,10)30(4,5)6/h11-18,27-28H,1-10H3. The summed E-state index contributed by atoms with van der Waals surface area (Å²) in [5, 5.41) is 41.4. The number of rotatable bonds is 6. The summed E-state index contributed by atoms with van der Waals surface area (Å²) in [5.41, 5.74) is -2.32. The van der Waals surface area contributed by atoms with Gasteiger partial charge in [0.25, 0.3) is 0 Å². The van der Waals surface area contributed by atoms with Crippen LogP contribution in [0.2, 0.25) is 36.3 Å². The van der Waals surface area contributed by atoms with E-state index in [9.17, 15) is 21.0 Å². The second-order valence-corrected chi connectivity index (χ2v) is 23.3. The van der Waals surface area contributed by atoms with Crippen molar-refractivity contribution in [1.82, 2.24) is 0 Å². The lowest BCUT2D eigenvalue weighted by Crippen LogP contribution is -2.60. The maximum absolute atomic E-state index is 10.4. The molecular formula is C32H40N4O2Si2. The molecule has 1 aliphatic carbocycles. The van der Waals surface area contributed by atoms with Crippen molar-refractivity contribution < 1.29 is 8.85 Å². The molecule has 208 valence electrons. The molecule has 3 rings (SSSR count). The fourth-order valence-corrected chi connectivity index (χ4v) is 6.94. The van der Waals surface area contributed by atoms with Crippen molar-refractivity contribution in [2.24, 2.45) is 10.8 Å². The molecule has 2 unspecified atom stereocenters. The lowest BCUT2D eigenvalue weighted by atomic mass is 9.37. The first-order valence-electron chi connectivity index (χ1n) is 13.6. The van der Waals surface area contributed by atoms with Crippen LogP contribution in [-0.2, 0) is 0 Å². The van der Waals surface area contributed by atoms with Crippen molar-refractivity contribution in [1.29, 1.82) is 21.0 Å². The van der Waals surface area contributed by atoms with E-state index in [-0.39, 0.29) is 10.1 Å². The molecular weight excluding hydrogens is 529 g/mol. The van der Waals surface area contributed by atoms with Gasteiger partial charge < -0.3 is 8.85 Å². The first kappa shape index (κ1) is 31.0. The highest BCUT2D eigenvalue weighted by Gasteiger charge is 2.76. The van der Waals surface area contributed by atoms with E-state index in [4.69, 9.17) is 8.85 Å². The molecule has 40 heavy (non-hydrogen) atoms. The van der Waals surface area contributed by atoms with Crippen molar-refractivity contribution in [3.05, 3.63) is 59.7 Å². The van der Waals surface area contributed by atoms with Crippen LogP contribution in [0.25, 0.3) is 0 Å². The molecule has 0 amide bonds. The summed E-state index contributed by atoms with van der Waals surface area (Å²) in [7, 11) is -4.33. The topological polar surface area (TPSA) is 114 Å². The van der Waals surface area contributed by atoms with Gasteiger partial charge in [-0.1, -0.05) is 65.8 Å². The Hall–Kier alpha value is -3.57. The minimum atomic E-state index is -2.16. The summed E-state index contributed by atoms with van der Waals surface area (Å²) >= 11 is 0. The highest BCUT2D eigenvalue weighted by atomic mass is 28.4. The molecule has 6 nitrogen and oxygen atoms in total. The quantitative estimate of drug-likeness (QED) is 0.323. The minimum Gasteiger partial charge on any atom is -0.543 e. The van der Waals surface area contributed by atoms with Gasteiger partial charge in [-0.2, -0.15) is 21.0 Å². The number of hydrogen-bond acceptors (Lipinski definition) is 6. The van der Waals surface area contributed by atoms with Crippen LogP contribution in [0.3, 0.4) is 0 Å². The predicted octanol–water partition coefficient (Wildman–Crippen LogP) is 8.40. The van der Waals surface area contributed by atoms with E-state index in [1.807, 2.05) is 48.5 Å². The summed E-state index contributed by atoms with van der Waals surface area (Å²) in [6.45, 7) is 21.6. The highest BCUT2D eigenvalue weighted by molar-refractivity contribution is 6.75. The average molecular weight is 569 g/mol. The predicted molar refractivity (Wildman–Crippen MR) is 161 cm³/mol. The average Bonchev–Trinajstić information content (AvgIpc) is 2.83. The minimum absolute atomic E-state index is 0.0214. The van der Waals surface area contributed by atoms with Crippen LogP contribution in [0.5, 0.6) is 11.5 Å². The summed E-state index contributed by atoms with van der Waals surface area (Å²) < 4.78 is 13.1. The van der Waals surface area contributed by atoms with Crippen molar-refractivity contribution >= 4 is 16.6 Å². The molecule has 1 saturated carbocycles. The fourth-order valence-electron chi connectivity index (χ4n) is 4.90. The van der Waals surface area contributed by atoms with E-state index in [0.717, 1.165) is 0 Å². The van der Waals surface area contributed by atoms with Gasteiger partial charge in [-0.15, -0.1) is 0 Å². The Balaban J connectivity index is 2.19. The molecule has 8 heteroatoms. The van der Waals surface area contributed by atoms with Crippen molar-refractivity contribution in [3.63, 3.8) is 0 Å². The van der Waals surface area contributed by atoms with E-state index in [1.165, 1.54) is 0 Å². The van der Waals surface area contributed by atoms with Gasteiger partial charge in [0.05, 0.1) is 24.3 Å². The normalized spacial score (nSPS) is 20.1. The molecule has 0 spiro atoms. The van der Waals surface area contributed by atoms with E-state index in [0.29, 0.717) is 22.6 Å². The van der Waals surface area contributed by atoms with Gasteiger partial charge in [-0.05, 0) is 71.7 Å². The van der Waals surface area contributed by atoms with Crippen molar-refractivity contribution in [3.8, 4) is 35.8 Å². The third-order valence-corrected chi connectivity index (χ3v) is 18.1. The molecule has 1 aliphatic rings. The molecule has 2 aromatic carbocycles. The number of nitriles is 4. The zero-order chi connectivity index (χ0) is 30.4. The van der Waals surface area contributed by atoms with Gasteiger partial charge in [0.15, 0.2) is 10.8 Å². The Morgan fingerprint density at radius 3 is 1.15 bits per heavy atom. The fraction of sp³-hybridized carbons (Fsp3) is 0.500. The van der Waals surface area contributed by atoms with E-state index >= 15 is 0 Å².